The van der Waals surface area contributed by atoms with Gasteiger partial charge in [-0.1, -0.05) is 71.3 Å². The minimum absolute atomic E-state index is 0.145. The van der Waals surface area contributed by atoms with Gasteiger partial charge in [0.1, 0.15) is 0 Å². The Labute approximate surface area is 136 Å². The Kier molecular flexibility index (Phi) is 7.45. The van der Waals surface area contributed by atoms with Crippen molar-refractivity contribution in [2.75, 3.05) is 13.2 Å². The summed E-state index contributed by atoms with van der Waals surface area (Å²) in [5, 5.41) is 0. The summed E-state index contributed by atoms with van der Waals surface area (Å²) in [4.78, 5) is 0. The molecule has 2 atom stereocenters. The van der Waals surface area contributed by atoms with E-state index in [-0.39, 0.29) is 12.5 Å². The maximum atomic E-state index is 5.73. The maximum absolute atomic E-state index is 5.73. The first-order valence-corrected chi connectivity index (χ1v) is 9.16. The number of hydrogen-bond acceptors (Lipinski definition) is 3. The average molecular weight is 308 g/mol. The van der Waals surface area contributed by atoms with Crippen molar-refractivity contribution in [3.63, 3.8) is 0 Å². The molecule has 0 radical (unpaired) electrons. The van der Waals surface area contributed by atoms with Gasteiger partial charge >= 0.3 is 7.12 Å². The SMILES string of the molecule is CCCCCCCC[C@@H]1O[C@@H]1C/C=C/B1OCC(C)(C)CO1. The summed E-state index contributed by atoms with van der Waals surface area (Å²) < 4.78 is 17.1. The quantitative estimate of drug-likeness (QED) is 0.337. The third-order valence-electron chi connectivity index (χ3n) is 4.47. The van der Waals surface area contributed by atoms with Gasteiger partial charge < -0.3 is 14.0 Å². The van der Waals surface area contributed by atoms with E-state index in [0.717, 1.165) is 19.6 Å². The standard InChI is InChI=1S/C18H33BO3/c1-4-5-6-7-8-9-11-16-17(22-16)12-10-13-19-20-14-18(2,3)15-21-19/h10,13,16-17H,4-9,11-12,14-15H2,1-3H3/b13-10+/t16-,17+/m0/s1. The maximum Gasteiger partial charge on any atom is 0.485 e. The fraction of sp³-hybridized carbons (Fsp3) is 0.889. The molecule has 0 saturated carbocycles. The molecule has 0 amide bonds. The molecule has 0 bridgehead atoms. The van der Waals surface area contributed by atoms with Gasteiger partial charge in [-0.2, -0.15) is 0 Å². The summed E-state index contributed by atoms with van der Waals surface area (Å²) in [7, 11) is -0.163. The Morgan fingerprint density at radius 1 is 1.00 bits per heavy atom. The second kappa shape index (κ2) is 9.10. The van der Waals surface area contributed by atoms with Crippen molar-refractivity contribution in [2.45, 2.75) is 84.3 Å². The number of unbranched alkanes of at least 4 members (excludes halogenated alkanes) is 5. The predicted molar refractivity (Wildman–Crippen MR) is 91.9 cm³/mol. The highest BCUT2D eigenvalue weighted by Gasteiger charge is 2.37. The Bertz CT molecular complexity index is 333. The lowest BCUT2D eigenvalue weighted by Gasteiger charge is -2.31. The largest absolute Gasteiger partial charge is 0.485 e. The van der Waals surface area contributed by atoms with Crippen LogP contribution in [0.5, 0.6) is 0 Å². The monoisotopic (exact) mass is 308 g/mol. The van der Waals surface area contributed by atoms with Gasteiger partial charge in [-0.25, -0.2) is 0 Å². The molecular formula is C18H33BO3. The van der Waals surface area contributed by atoms with E-state index in [4.69, 9.17) is 14.0 Å². The molecule has 22 heavy (non-hydrogen) atoms. The first-order valence-electron chi connectivity index (χ1n) is 9.16. The molecule has 2 saturated heterocycles. The van der Waals surface area contributed by atoms with Crippen LogP contribution >= 0.6 is 0 Å². The second-order valence-corrected chi connectivity index (χ2v) is 7.59. The van der Waals surface area contributed by atoms with Crippen molar-refractivity contribution in [2.24, 2.45) is 5.41 Å². The van der Waals surface area contributed by atoms with E-state index in [2.05, 4.69) is 26.8 Å². The lowest BCUT2D eigenvalue weighted by Crippen LogP contribution is -2.39. The van der Waals surface area contributed by atoms with Crippen molar-refractivity contribution >= 4 is 7.12 Å². The van der Waals surface area contributed by atoms with Crippen molar-refractivity contribution in [1.29, 1.82) is 0 Å². The van der Waals surface area contributed by atoms with Crippen LogP contribution in [0.4, 0.5) is 0 Å². The second-order valence-electron chi connectivity index (χ2n) is 7.59. The van der Waals surface area contributed by atoms with Gasteiger partial charge in [0, 0.05) is 18.6 Å². The zero-order valence-electron chi connectivity index (χ0n) is 14.7. The summed E-state index contributed by atoms with van der Waals surface area (Å²) >= 11 is 0. The number of ether oxygens (including phenoxy) is 1. The van der Waals surface area contributed by atoms with Crippen LogP contribution in [0.2, 0.25) is 0 Å². The van der Waals surface area contributed by atoms with Crippen LogP contribution in [0.15, 0.2) is 12.1 Å². The van der Waals surface area contributed by atoms with Crippen LogP contribution in [0.1, 0.15) is 72.1 Å². The molecule has 0 aromatic carbocycles. The third kappa shape index (κ3) is 6.85. The van der Waals surface area contributed by atoms with Crippen molar-refractivity contribution in [1.82, 2.24) is 0 Å². The Morgan fingerprint density at radius 2 is 1.68 bits per heavy atom. The summed E-state index contributed by atoms with van der Waals surface area (Å²) in [5.41, 5.74) is 0.145. The highest BCUT2D eigenvalue weighted by atomic mass is 16.6. The fourth-order valence-electron chi connectivity index (χ4n) is 2.91. The van der Waals surface area contributed by atoms with Gasteiger partial charge in [0.2, 0.25) is 0 Å². The molecular weight excluding hydrogens is 275 g/mol. The molecule has 0 spiro atoms. The van der Waals surface area contributed by atoms with Gasteiger partial charge in [-0.05, 0) is 12.8 Å². The van der Waals surface area contributed by atoms with Gasteiger partial charge in [-0.15, -0.1) is 0 Å². The molecule has 0 aromatic heterocycles. The molecule has 2 aliphatic rings. The Hall–Kier alpha value is -0.315. The van der Waals surface area contributed by atoms with E-state index in [9.17, 15) is 0 Å². The van der Waals surface area contributed by atoms with E-state index in [0.29, 0.717) is 12.2 Å². The zero-order valence-corrected chi connectivity index (χ0v) is 14.7. The lowest BCUT2D eigenvalue weighted by molar-refractivity contribution is 0.0336. The van der Waals surface area contributed by atoms with E-state index in [1.165, 1.54) is 44.9 Å². The Morgan fingerprint density at radius 3 is 2.41 bits per heavy atom. The molecule has 126 valence electrons. The van der Waals surface area contributed by atoms with Crippen LogP contribution in [0, 0.1) is 5.41 Å². The van der Waals surface area contributed by atoms with Crippen molar-refractivity contribution in [3.05, 3.63) is 12.1 Å². The highest BCUT2D eigenvalue weighted by molar-refractivity contribution is 6.50. The van der Waals surface area contributed by atoms with Crippen molar-refractivity contribution in [3.8, 4) is 0 Å². The Balaban J connectivity index is 1.47. The molecule has 0 aliphatic carbocycles. The van der Waals surface area contributed by atoms with Crippen LogP contribution in [0.3, 0.4) is 0 Å². The van der Waals surface area contributed by atoms with Crippen LogP contribution in [-0.2, 0) is 14.0 Å². The van der Waals surface area contributed by atoms with Crippen LogP contribution in [0.25, 0.3) is 0 Å². The first kappa shape index (κ1) is 18.0. The van der Waals surface area contributed by atoms with Gasteiger partial charge in [-0.3, -0.25) is 0 Å². The predicted octanol–water partition coefficient (Wildman–Crippen LogP) is 4.55. The molecule has 2 heterocycles. The molecule has 0 unspecified atom stereocenters. The van der Waals surface area contributed by atoms with E-state index in [1.54, 1.807) is 0 Å². The molecule has 2 aliphatic heterocycles. The summed E-state index contributed by atoms with van der Waals surface area (Å²) in [6.07, 6.45) is 13.5. The molecule has 0 aromatic rings. The van der Waals surface area contributed by atoms with Gasteiger partial charge in [0.25, 0.3) is 0 Å². The van der Waals surface area contributed by atoms with Gasteiger partial charge in [0.05, 0.1) is 12.2 Å². The van der Waals surface area contributed by atoms with Crippen molar-refractivity contribution < 1.29 is 14.0 Å². The molecule has 3 nitrogen and oxygen atoms in total. The van der Waals surface area contributed by atoms with Gasteiger partial charge in [0.15, 0.2) is 0 Å². The normalized spacial score (nSPS) is 27.5. The van der Waals surface area contributed by atoms with E-state index < -0.39 is 0 Å². The molecule has 2 rings (SSSR count). The first-order chi connectivity index (χ1) is 10.6. The van der Waals surface area contributed by atoms with Crippen LogP contribution in [-0.4, -0.2) is 32.5 Å². The molecule has 0 N–H and O–H groups in total. The number of hydrogen-bond donors (Lipinski definition) is 0. The third-order valence-corrected chi connectivity index (χ3v) is 4.47. The van der Waals surface area contributed by atoms with E-state index >= 15 is 0 Å². The minimum Gasteiger partial charge on any atom is -0.407 e. The lowest BCUT2D eigenvalue weighted by atomic mass is 9.83. The minimum atomic E-state index is -0.163. The summed E-state index contributed by atoms with van der Waals surface area (Å²) in [5.74, 6) is 2.04. The average Bonchev–Trinajstić information content (AvgIpc) is 3.23. The number of rotatable bonds is 10. The molecule has 2 fully saturated rings. The van der Waals surface area contributed by atoms with E-state index in [1.807, 2.05) is 5.98 Å². The molecule has 4 heteroatoms. The summed E-state index contributed by atoms with van der Waals surface area (Å²) in [6, 6.07) is 0. The highest BCUT2D eigenvalue weighted by Crippen LogP contribution is 2.30. The smallest absolute Gasteiger partial charge is 0.407 e. The fourth-order valence-corrected chi connectivity index (χ4v) is 2.91. The number of epoxide rings is 1. The van der Waals surface area contributed by atoms with Crippen LogP contribution < -0.4 is 0 Å². The topological polar surface area (TPSA) is 31.0 Å². The summed E-state index contributed by atoms with van der Waals surface area (Å²) in [6.45, 7) is 8.13. The zero-order chi connectivity index (χ0) is 15.8.